The number of aromatic nitrogens is 4. The van der Waals surface area contributed by atoms with Crippen LogP contribution in [0.5, 0.6) is 0 Å². The minimum atomic E-state index is -0.0880. The number of hydrogen-bond acceptors (Lipinski definition) is 4. The minimum Gasteiger partial charge on any atom is -0.349 e. The Balaban J connectivity index is 1.84. The van der Waals surface area contributed by atoms with Gasteiger partial charge in [0.1, 0.15) is 0 Å². The second-order valence-corrected chi connectivity index (χ2v) is 7.27. The Morgan fingerprint density at radius 3 is 2.78 bits per heavy atom. The molecule has 0 radical (unpaired) electrons. The van der Waals surface area contributed by atoms with Crippen molar-refractivity contribution in [1.29, 1.82) is 0 Å². The number of tetrazole rings is 1. The van der Waals surface area contributed by atoms with E-state index in [2.05, 4.69) is 20.8 Å². The lowest BCUT2D eigenvalue weighted by Gasteiger charge is -2.12. The van der Waals surface area contributed by atoms with E-state index >= 15 is 0 Å². The summed E-state index contributed by atoms with van der Waals surface area (Å²) in [4.78, 5) is 12.7. The maximum absolute atomic E-state index is 12.7. The van der Waals surface area contributed by atoms with Crippen LogP contribution in [0.25, 0.3) is 16.8 Å². The number of aryl methyl sites for hydroxylation is 2. The smallest absolute Gasteiger partial charge is 0.251 e. The number of rotatable bonds is 5. The van der Waals surface area contributed by atoms with Crippen molar-refractivity contribution in [3.05, 3.63) is 58.4 Å². The number of amides is 1. The average molecular weight is 382 g/mol. The van der Waals surface area contributed by atoms with Crippen LogP contribution >= 0.6 is 11.6 Å². The molecule has 0 bridgehead atoms. The SMILES string of the molecule is CCc1nnnn1-c1cc(C(=O)NC2CC2)cc(-c2ccc(C)cc2Cl)c1. The maximum Gasteiger partial charge on any atom is 0.251 e. The minimum absolute atomic E-state index is 0.0880. The first kappa shape index (κ1) is 17.7. The molecule has 1 heterocycles. The van der Waals surface area contributed by atoms with Crippen molar-refractivity contribution in [3.8, 4) is 16.8 Å². The van der Waals surface area contributed by atoms with Crippen molar-refractivity contribution in [2.75, 3.05) is 0 Å². The summed E-state index contributed by atoms with van der Waals surface area (Å²) in [5, 5.41) is 15.6. The maximum atomic E-state index is 12.7. The van der Waals surface area contributed by atoms with Gasteiger partial charge < -0.3 is 5.32 Å². The van der Waals surface area contributed by atoms with Gasteiger partial charge in [0.05, 0.1) is 5.69 Å². The lowest BCUT2D eigenvalue weighted by molar-refractivity contribution is 0.0951. The van der Waals surface area contributed by atoms with Gasteiger partial charge in [0.15, 0.2) is 5.82 Å². The lowest BCUT2D eigenvalue weighted by atomic mass is 10.0. The summed E-state index contributed by atoms with van der Waals surface area (Å²) in [5.41, 5.74) is 4.13. The molecule has 1 aromatic heterocycles. The van der Waals surface area contributed by atoms with E-state index in [1.165, 1.54) is 0 Å². The summed E-state index contributed by atoms with van der Waals surface area (Å²) >= 11 is 6.48. The Kier molecular flexibility index (Phi) is 4.66. The average Bonchev–Trinajstić information content (AvgIpc) is 3.33. The summed E-state index contributed by atoms with van der Waals surface area (Å²) < 4.78 is 1.67. The van der Waals surface area contributed by atoms with Crippen LogP contribution in [0, 0.1) is 6.92 Å². The fourth-order valence-corrected chi connectivity index (χ4v) is 3.34. The normalized spacial score (nSPS) is 13.6. The third kappa shape index (κ3) is 3.71. The summed E-state index contributed by atoms with van der Waals surface area (Å²) in [6.07, 6.45) is 2.76. The third-order valence-corrected chi connectivity index (χ3v) is 4.94. The van der Waals surface area contributed by atoms with E-state index in [1.54, 1.807) is 4.68 Å². The molecule has 1 saturated carbocycles. The zero-order valence-electron chi connectivity index (χ0n) is 15.2. The monoisotopic (exact) mass is 381 g/mol. The summed E-state index contributed by atoms with van der Waals surface area (Å²) in [7, 11) is 0. The molecule has 0 atom stereocenters. The van der Waals surface area contributed by atoms with E-state index in [0.29, 0.717) is 17.0 Å². The van der Waals surface area contributed by atoms with Crippen LogP contribution in [0.1, 0.15) is 41.5 Å². The van der Waals surface area contributed by atoms with E-state index < -0.39 is 0 Å². The first-order chi connectivity index (χ1) is 13.0. The molecule has 0 aliphatic heterocycles. The summed E-state index contributed by atoms with van der Waals surface area (Å²) in [6, 6.07) is 11.8. The van der Waals surface area contributed by atoms with E-state index in [0.717, 1.165) is 41.0 Å². The standard InChI is InChI=1S/C20H20ClN5O/c1-3-19-23-24-25-26(19)16-10-13(17-7-4-12(2)8-18(17)21)9-14(11-16)20(27)22-15-5-6-15/h4,7-11,15H,3,5-6H2,1-2H3,(H,22,27). The number of carbonyl (C=O) groups is 1. The van der Waals surface area contributed by atoms with Crippen LogP contribution in [-0.4, -0.2) is 32.2 Å². The van der Waals surface area contributed by atoms with Gasteiger partial charge in [-0.2, -0.15) is 4.68 Å². The van der Waals surface area contributed by atoms with Crippen molar-refractivity contribution >= 4 is 17.5 Å². The molecule has 4 rings (SSSR count). The molecule has 2 aromatic carbocycles. The zero-order chi connectivity index (χ0) is 19.0. The topological polar surface area (TPSA) is 72.7 Å². The molecule has 1 N–H and O–H groups in total. The van der Waals surface area contributed by atoms with Crippen molar-refractivity contribution in [2.45, 2.75) is 39.2 Å². The second kappa shape index (κ2) is 7.12. The molecule has 6 nitrogen and oxygen atoms in total. The fourth-order valence-electron chi connectivity index (χ4n) is 3.00. The van der Waals surface area contributed by atoms with Gasteiger partial charge in [-0.1, -0.05) is 30.7 Å². The summed E-state index contributed by atoms with van der Waals surface area (Å²) in [5.74, 6) is 0.644. The van der Waals surface area contributed by atoms with E-state index in [1.807, 2.05) is 50.2 Å². The molecule has 0 spiro atoms. The highest BCUT2D eigenvalue weighted by Crippen LogP contribution is 2.31. The number of carbonyl (C=O) groups excluding carboxylic acids is 1. The summed E-state index contributed by atoms with van der Waals surface area (Å²) in [6.45, 7) is 3.98. The number of nitrogens with one attached hydrogen (secondary N) is 1. The molecule has 138 valence electrons. The van der Waals surface area contributed by atoms with Crippen molar-refractivity contribution in [2.24, 2.45) is 0 Å². The largest absolute Gasteiger partial charge is 0.349 e. The number of hydrogen-bond donors (Lipinski definition) is 1. The molecule has 3 aromatic rings. The molecule has 1 aliphatic carbocycles. The highest BCUT2D eigenvalue weighted by Gasteiger charge is 2.24. The quantitative estimate of drug-likeness (QED) is 0.730. The molecule has 27 heavy (non-hydrogen) atoms. The van der Waals surface area contributed by atoms with Crippen LogP contribution in [0.2, 0.25) is 5.02 Å². The van der Waals surface area contributed by atoms with Gasteiger partial charge in [0.2, 0.25) is 0 Å². The molecule has 1 amide bonds. The van der Waals surface area contributed by atoms with Crippen LogP contribution in [0.4, 0.5) is 0 Å². The van der Waals surface area contributed by atoms with Crippen molar-refractivity contribution in [3.63, 3.8) is 0 Å². The lowest BCUT2D eigenvalue weighted by Crippen LogP contribution is -2.25. The predicted octanol–water partition coefficient (Wildman–Crippen LogP) is 3.75. The molecule has 7 heteroatoms. The van der Waals surface area contributed by atoms with Crippen LogP contribution in [-0.2, 0) is 6.42 Å². The van der Waals surface area contributed by atoms with Gasteiger partial charge in [-0.3, -0.25) is 4.79 Å². The highest BCUT2D eigenvalue weighted by atomic mass is 35.5. The van der Waals surface area contributed by atoms with E-state index in [9.17, 15) is 4.79 Å². The molecule has 0 saturated heterocycles. The molecule has 0 unspecified atom stereocenters. The molecular weight excluding hydrogens is 362 g/mol. The first-order valence-electron chi connectivity index (χ1n) is 9.05. The van der Waals surface area contributed by atoms with Gasteiger partial charge in [0.25, 0.3) is 5.91 Å². The van der Waals surface area contributed by atoms with Gasteiger partial charge in [-0.15, -0.1) is 5.10 Å². The molecule has 1 aliphatic rings. The Morgan fingerprint density at radius 1 is 1.26 bits per heavy atom. The van der Waals surface area contributed by atoms with Crippen LogP contribution in [0.15, 0.2) is 36.4 Å². The van der Waals surface area contributed by atoms with Crippen LogP contribution in [0.3, 0.4) is 0 Å². The fraction of sp³-hybridized carbons (Fsp3) is 0.300. The Morgan fingerprint density at radius 2 is 2.07 bits per heavy atom. The third-order valence-electron chi connectivity index (χ3n) is 4.62. The van der Waals surface area contributed by atoms with E-state index in [4.69, 9.17) is 11.6 Å². The van der Waals surface area contributed by atoms with E-state index in [-0.39, 0.29) is 11.9 Å². The van der Waals surface area contributed by atoms with Gasteiger partial charge >= 0.3 is 0 Å². The Hall–Kier alpha value is -2.73. The van der Waals surface area contributed by atoms with Crippen molar-refractivity contribution in [1.82, 2.24) is 25.5 Å². The Bertz CT molecular complexity index is 1010. The highest BCUT2D eigenvalue weighted by molar-refractivity contribution is 6.33. The van der Waals surface area contributed by atoms with Gasteiger partial charge in [-0.25, -0.2) is 0 Å². The molecule has 1 fully saturated rings. The first-order valence-corrected chi connectivity index (χ1v) is 9.43. The van der Waals surface area contributed by atoms with Crippen LogP contribution < -0.4 is 5.32 Å². The zero-order valence-corrected chi connectivity index (χ0v) is 16.0. The number of benzene rings is 2. The van der Waals surface area contributed by atoms with Gasteiger partial charge in [0, 0.05) is 28.6 Å². The number of halogens is 1. The second-order valence-electron chi connectivity index (χ2n) is 6.86. The predicted molar refractivity (Wildman–Crippen MR) is 104 cm³/mol. The molecular formula is C20H20ClN5O. The van der Waals surface area contributed by atoms with Crippen molar-refractivity contribution < 1.29 is 4.79 Å². The number of nitrogens with zero attached hydrogens (tertiary/aromatic N) is 4. The van der Waals surface area contributed by atoms with Gasteiger partial charge in [-0.05, 0) is 65.6 Å². The Labute approximate surface area is 162 Å².